The molecule has 3 aromatic carbocycles. The van der Waals surface area contributed by atoms with Crippen molar-refractivity contribution in [3.05, 3.63) is 89.6 Å². The molecular formula is C36H44N6O5. The molecule has 5 rings (SSSR count). The molecule has 0 bridgehead atoms. The zero-order valence-electron chi connectivity index (χ0n) is 28.0. The summed E-state index contributed by atoms with van der Waals surface area (Å²) in [6, 6.07) is 20.2. The smallest absolute Gasteiger partial charge is 0.421 e. The van der Waals surface area contributed by atoms with Gasteiger partial charge in [0.15, 0.2) is 11.5 Å². The monoisotopic (exact) mass is 640 g/mol. The number of amides is 1. The van der Waals surface area contributed by atoms with Gasteiger partial charge in [-0.1, -0.05) is 30.3 Å². The predicted molar refractivity (Wildman–Crippen MR) is 184 cm³/mol. The Kier molecular flexibility index (Phi) is 11.1. The number of rotatable bonds is 12. The van der Waals surface area contributed by atoms with Crippen molar-refractivity contribution in [2.24, 2.45) is 0 Å². The molecule has 1 N–H and O–H groups in total. The van der Waals surface area contributed by atoms with Crippen LogP contribution in [0.4, 0.5) is 22.2 Å². The highest BCUT2D eigenvalue weighted by Gasteiger charge is 2.28. The first-order valence-electron chi connectivity index (χ1n) is 15.8. The lowest BCUT2D eigenvalue weighted by Crippen LogP contribution is -2.45. The Morgan fingerprint density at radius 1 is 0.936 bits per heavy atom. The van der Waals surface area contributed by atoms with E-state index in [0.29, 0.717) is 47.1 Å². The normalized spacial score (nSPS) is 14.3. The van der Waals surface area contributed by atoms with Crippen molar-refractivity contribution in [3.8, 4) is 23.0 Å². The third kappa shape index (κ3) is 8.49. The second-order valence-corrected chi connectivity index (χ2v) is 11.6. The van der Waals surface area contributed by atoms with Crippen molar-refractivity contribution in [2.75, 3.05) is 70.8 Å². The Balaban J connectivity index is 1.36. The van der Waals surface area contributed by atoms with E-state index in [1.807, 2.05) is 81.4 Å². The number of nitrogens with one attached hydrogen (secondary N) is 1. The highest BCUT2D eigenvalue weighted by molar-refractivity contribution is 5.89. The summed E-state index contributed by atoms with van der Waals surface area (Å²) in [5, 5.41) is 3.25. The Morgan fingerprint density at radius 3 is 2.40 bits per heavy atom. The zero-order chi connectivity index (χ0) is 33.3. The Morgan fingerprint density at radius 2 is 1.68 bits per heavy atom. The molecule has 0 spiro atoms. The van der Waals surface area contributed by atoms with Crippen molar-refractivity contribution < 1.29 is 23.7 Å². The number of nitrogens with zero attached hydrogens (tertiary/aromatic N) is 5. The quantitative estimate of drug-likeness (QED) is 0.191. The van der Waals surface area contributed by atoms with Crippen molar-refractivity contribution in [1.82, 2.24) is 19.8 Å². The minimum atomic E-state index is -0.567. The van der Waals surface area contributed by atoms with Crippen LogP contribution in [0, 0.1) is 13.8 Å². The van der Waals surface area contributed by atoms with Gasteiger partial charge < -0.3 is 29.2 Å². The number of piperazine rings is 1. The molecule has 1 fully saturated rings. The van der Waals surface area contributed by atoms with Crippen LogP contribution >= 0.6 is 0 Å². The van der Waals surface area contributed by atoms with Gasteiger partial charge >= 0.3 is 6.09 Å². The predicted octanol–water partition coefficient (Wildman–Crippen LogP) is 6.25. The zero-order valence-corrected chi connectivity index (χ0v) is 28.0. The van der Waals surface area contributed by atoms with E-state index in [2.05, 4.69) is 27.1 Å². The van der Waals surface area contributed by atoms with Gasteiger partial charge in [-0.05, 0) is 74.8 Å². The second-order valence-electron chi connectivity index (χ2n) is 11.6. The van der Waals surface area contributed by atoms with Crippen LogP contribution in [0.5, 0.6) is 23.0 Å². The molecule has 1 amide bonds. The molecule has 47 heavy (non-hydrogen) atoms. The number of aromatic nitrogens is 2. The number of hydrogen-bond donors (Lipinski definition) is 1. The van der Waals surface area contributed by atoms with Crippen LogP contribution in [0.1, 0.15) is 29.7 Å². The van der Waals surface area contributed by atoms with E-state index >= 15 is 0 Å². The molecule has 4 aromatic rings. The van der Waals surface area contributed by atoms with Crippen molar-refractivity contribution in [2.45, 2.75) is 26.8 Å². The summed E-state index contributed by atoms with van der Waals surface area (Å²) < 4.78 is 23.2. The SMILES string of the molecule is COc1cccc([C@H](C)N(C(=O)Oc2c(C)cccc2C)c2ccnc(Nc3ccc(OCCN4CCN(C)CC4)c(OC)c3)n2)c1. The molecule has 1 aromatic heterocycles. The molecule has 11 heteroatoms. The molecule has 0 saturated carbocycles. The summed E-state index contributed by atoms with van der Waals surface area (Å²) in [5.41, 5.74) is 3.27. The van der Waals surface area contributed by atoms with Crippen LogP contribution < -0.4 is 29.2 Å². The molecule has 1 aliphatic heterocycles. The van der Waals surface area contributed by atoms with Gasteiger partial charge in [-0.2, -0.15) is 4.98 Å². The highest BCUT2D eigenvalue weighted by atomic mass is 16.6. The lowest BCUT2D eigenvalue weighted by molar-refractivity contribution is 0.133. The van der Waals surface area contributed by atoms with Crippen LogP contribution in [0.3, 0.4) is 0 Å². The van der Waals surface area contributed by atoms with Crippen molar-refractivity contribution >= 4 is 23.5 Å². The van der Waals surface area contributed by atoms with E-state index in [4.69, 9.17) is 23.9 Å². The molecule has 2 heterocycles. The fraction of sp³-hybridized carbons (Fsp3) is 0.361. The maximum absolute atomic E-state index is 13.9. The summed E-state index contributed by atoms with van der Waals surface area (Å²) in [6.45, 7) is 11.4. The number of carbonyl (C=O) groups excluding carboxylic acids is 1. The van der Waals surface area contributed by atoms with Crippen LogP contribution in [-0.4, -0.2) is 86.5 Å². The lowest BCUT2D eigenvalue weighted by Gasteiger charge is -2.32. The van der Waals surface area contributed by atoms with Crippen LogP contribution in [-0.2, 0) is 0 Å². The first kappa shape index (κ1) is 33.5. The van der Waals surface area contributed by atoms with Gasteiger partial charge in [0.25, 0.3) is 0 Å². The summed E-state index contributed by atoms with van der Waals surface area (Å²) in [7, 11) is 5.38. The van der Waals surface area contributed by atoms with E-state index in [1.165, 1.54) is 4.90 Å². The fourth-order valence-electron chi connectivity index (χ4n) is 5.49. The standard InChI is InChI=1S/C36H44N6O5/c1-25-9-7-10-26(2)34(25)47-36(43)42(27(3)28-11-8-12-30(23-28)44-5)33-15-16-37-35(39-33)38-29-13-14-31(32(24-29)45-6)46-22-21-41-19-17-40(4)18-20-41/h7-16,23-24,27H,17-22H2,1-6H3,(H,37,38,39)/t27-/m0/s1. The Labute approximate surface area is 277 Å². The number of hydrogen-bond acceptors (Lipinski definition) is 10. The van der Waals surface area contributed by atoms with Gasteiger partial charge in [-0.15, -0.1) is 0 Å². The minimum absolute atomic E-state index is 0.302. The third-order valence-corrected chi connectivity index (χ3v) is 8.33. The highest BCUT2D eigenvalue weighted by Crippen LogP contribution is 2.33. The number of benzene rings is 3. The van der Waals surface area contributed by atoms with E-state index in [-0.39, 0.29) is 0 Å². The number of methoxy groups -OCH3 is 2. The van der Waals surface area contributed by atoms with Gasteiger partial charge in [0.1, 0.15) is 23.9 Å². The molecule has 0 unspecified atom stereocenters. The molecule has 0 aliphatic carbocycles. The average molecular weight is 641 g/mol. The first-order chi connectivity index (χ1) is 22.7. The summed E-state index contributed by atoms with van der Waals surface area (Å²) in [5.74, 6) is 3.12. The topological polar surface area (TPSA) is 102 Å². The number of anilines is 3. The van der Waals surface area contributed by atoms with E-state index in [0.717, 1.165) is 49.4 Å². The second kappa shape index (κ2) is 15.6. The largest absolute Gasteiger partial charge is 0.497 e. The van der Waals surface area contributed by atoms with Gasteiger partial charge in [0.05, 0.1) is 20.3 Å². The van der Waals surface area contributed by atoms with E-state index < -0.39 is 12.1 Å². The van der Waals surface area contributed by atoms with Crippen molar-refractivity contribution in [3.63, 3.8) is 0 Å². The van der Waals surface area contributed by atoms with Crippen LogP contribution in [0.2, 0.25) is 0 Å². The molecule has 0 radical (unpaired) electrons. The third-order valence-electron chi connectivity index (χ3n) is 8.33. The fourth-order valence-corrected chi connectivity index (χ4v) is 5.49. The number of likely N-dealkylation sites (N-methyl/N-ethyl adjacent to an activating group) is 1. The van der Waals surface area contributed by atoms with Gasteiger partial charge in [-0.25, -0.2) is 9.78 Å². The van der Waals surface area contributed by atoms with Crippen LogP contribution in [0.25, 0.3) is 0 Å². The number of para-hydroxylation sites is 1. The van der Waals surface area contributed by atoms with E-state index in [9.17, 15) is 4.79 Å². The molecule has 1 saturated heterocycles. The Hall–Kier alpha value is -4.87. The Bertz CT molecular complexity index is 1640. The van der Waals surface area contributed by atoms with Gasteiger partial charge in [-0.3, -0.25) is 9.80 Å². The molecule has 1 atom stereocenters. The molecule has 1 aliphatic rings. The van der Waals surface area contributed by atoms with Gasteiger partial charge in [0, 0.05) is 50.7 Å². The lowest BCUT2D eigenvalue weighted by atomic mass is 10.1. The number of ether oxygens (including phenoxy) is 4. The summed E-state index contributed by atoms with van der Waals surface area (Å²) >= 11 is 0. The van der Waals surface area contributed by atoms with Crippen LogP contribution in [0.15, 0.2) is 72.9 Å². The number of carbonyl (C=O) groups is 1. The maximum Gasteiger partial charge on any atom is 0.421 e. The molecule has 248 valence electrons. The summed E-state index contributed by atoms with van der Waals surface area (Å²) in [6.07, 6.45) is 1.04. The molecular weight excluding hydrogens is 596 g/mol. The minimum Gasteiger partial charge on any atom is -0.497 e. The molecule has 11 nitrogen and oxygen atoms in total. The number of aryl methyl sites for hydroxylation is 2. The summed E-state index contributed by atoms with van der Waals surface area (Å²) in [4.78, 5) is 29.4. The maximum atomic E-state index is 13.9. The first-order valence-corrected chi connectivity index (χ1v) is 15.8. The van der Waals surface area contributed by atoms with Crippen molar-refractivity contribution in [1.29, 1.82) is 0 Å². The average Bonchev–Trinajstić information content (AvgIpc) is 3.08. The van der Waals surface area contributed by atoms with Gasteiger partial charge in [0.2, 0.25) is 5.95 Å². The van der Waals surface area contributed by atoms with E-state index in [1.54, 1.807) is 26.5 Å².